The van der Waals surface area contributed by atoms with Crippen molar-refractivity contribution in [3.63, 3.8) is 0 Å². The monoisotopic (exact) mass is 282 g/mol. The van der Waals surface area contributed by atoms with Crippen molar-refractivity contribution in [1.29, 1.82) is 0 Å². The molecular formula is C10H11BrN4O. The van der Waals surface area contributed by atoms with Gasteiger partial charge in [0.2, 0.25) is 5.43 Å². The van der Waals surface area contributed by atoms with E-state index in [1.165, 1.54) is 0 Å². The lowest BCUT2D eigenvalue weighted by atomic mass is 10.3. The quantitative estimate of drug-likeness (QED) is 0.893. The van der Waals surface area contributed by atoms with E-state index in [0.29, 0.717) is 11.0 Å². The molecule has 2 rings (SSSR count). The predicted molar refractivity (Wildman–Crippen MR) is 65.1 cm³/mol. The molecule has 2 N–H and O–H groups in total. The van der Waals surface area contributed by atoms with Crippen LogP contribution in [0.5, 0.6) is 0 Å². The third-order valence-electron chi connectivity index (χ3n) is 2.18. The molecule has 2 aromatic heterocycles. The summed E-state index contributed by atoms with van der Waals surface area (Å²) in [4.78, 5) is 11.4. The first-order chi connectivity index (χ1) is 7.56. The molecule has 16 heavy (non-hydrogen) atoms. The van der Waals surface area contributed by atoms with Gasteiger partial charge in [-0.2, -0.15) is 5.10 Å². The molecule has 0 aliphatic heterocycles. The highest BCUT2D eigenvalue weighted by Crippen LogP contribution is 2.08. The standard InChI is InChI=1S/C10H11BrN4O/c1-14-3-2-7(13-14)4-15-5-8(11)10(16)9(12)6-15/h2-3,5-6H,4,12H2,1H3. The molecule has 84 valence electrons. The van der Waals surface area contributed by atoms with Crippen molar-refractivity contribution in [2.24, 2.45) is 7.05 Å². The summed E-state index contributed by atoms with van der Waals surface area (Å²) >= 11 is 3.18. The fraction of sp³-hybridized carbons (Fsp3) is 0.200. The number of nitrogens with two attached hydrogens (primary N) is 1. The second-order valence-corrected chi connectivity index (χ2v) is 4.40. The second kappa shape index (κ2) is 4.13. The summed E-state index contributed by atoms with van der Waals surface area (Å²) in [5.74, 6) is 0. The van der Waals surface area contributed by atoms with Gasteiger partial charge in [0, 0.05) is 25.6 Å². The van der Waals surface area contributed by atoms with Crippen molar-refractivity contribution in [2.45, 2.75) is 6.54 Å². The number of nitrogen functional groups attached to an aromatic ring is 1. The maximum atomic E-state index is 11.4. The van der Waals surface area contributed by atoms with E-state index in [9.17, 15) is 4.79 Å². The molecule has 0 fully saturated rings. The van der Waals surface area contributed by atoms with Gasteiger partial charge in [0.05, 0.1) is 22.4 Å². The molecule has 6 heteroatoms. The summed E-state index contributed by atoms with van der Waals surface area (Å²) in [6, 6.07) is 1.92. The Morgan fingerprint density at radius 1 is 1.50 bits per heavy atom. The van der Waals surface area contributed by atoms with Crippen LogP contribution in [0.1, 0.15) is 5.69 Å². The van der Waals surface area contributed by atoms with Crippen molar-refractivity contribution < 1.29 is 0 Å². The molecule has 0 aliphatic carbocycles. The lowest BCUT2D eigenvalue weighted by Gasteiger charge is -2.05. The molecular weight excluding hydrogens is 272 g/mol. The Balaban J connectivity index is 2.32. The smallest absolute Gasteiger partial charge is 0.218 e. The second-order valence-electron chi connectivity index (χ2n) is 3.54. The van der Waals surface area contributed by atoms with Gasteiger partial charge in [-0.25, -0.2) is 0 Å². The SMILES string of the molecule is Cn1ccc(Cn2cc(N)c(=O)c(Br)c2)n1. The van der Waals surface area contributed by atoms with Gasteiger partial charge in [0.15, 0.2) is 0 Å². The van der Waals surface area contributed by atoms with Crippen LogP contribution >= 0.6 is 15.9 Å². The molecule has 2 heterocycles. The Morgan fingerprint density at radius 2 is 2.25 bits per heavy atom. The number of rotatable bonds is 2. The van der Waals surface area contributed by atoms with Crippen LogP contribution in [0, 0.1) is 0 Å². The van der Waals surface area contributed by atoms with Gasteiger partial charge in [0.25, 0.3) is 0 Å². The van der Waals surface area contributed by atoms with Gasteiger partial charge in [0.1, 0.15) is 0 Å². The van der Waals surface area contributed by atoms with Gasteiger partial charge in [-0.15, -0.1) is 0 Å². The minimum absolute atomic E-state index is 0.183. The van der Waals surface area contributed by atoms with Gasteiger partial charge in [-0.1, -0.05) is 0 Å². The number of halogens is 1. The fourth-order valence-corrected chi connectivity index (χ4v) is 1.93. The van der Waals surface area contributed by atoms with Crippen molar-refractivity contribution in [1.82, 2.24) is 14.3 Å². The van der Waals surface area contributed by atoms with E-state index < -0.39 is 0 Å². The summed E-state index contributed by atoms with van der Waals surface area (Å²) in [5, 5.41) is 4.25. The van der Waals surface area contributed by atoms with Crippen molar-refractivity contribution in [3.8, 4) is 0 Å². The number of hydrogen-bond acceptors (Lipinski definition) is 3. The lowest BCUT2D eigenvalue weighted by molar-refractivity contribution is 0.703. The Morgan fingerprint density at radius 3 is 2.81 bits per heavy atom. The summed E-state index contributed by atoms with van der Waals surface area (Å²) in [5.41, 5.74) is 6.55. The zero-order valence-corrected chi connectivity index (χ0v) is 10.3. The summed E-state index contributed by atoms with van der Waals surface area (Å²) in [7, 11) is 1.86. The maximum Gasteiger partial charge on any atom is 0.218 e. The van der Waals surface area contributed by atoms with Crippen LogP contribution in [0.25, 0.3) is 0 Å². The number of pyridine rings is 1. The molecule has 0 spiro atoms. The van der Waals surface area contributed by atoms with E-state index in [0.717, 1.165) is 5.69 Å². The first kappa shape index (κ1) is 10.9. The predicted octanol–water partition coefficient (Wildman–Crippen LogP) is 0.975. The van der Waals surface area contributed by atoms with E-state index >= 15 is 0 Å². The van der Waals surface area contributed by atoms with Crippen molar-refractivity contribution in [3.05, 3.63) is 45.0 Å². The number of aryl methyl sites for hydroxylation is 1. The molecule has 0 amide bonds. The van der Waals surface area contributed by atoms with E-state index in [-0.39, 0.29) is 11.1 Å². The summed E-state index contributed by atoms with van der Waals surface area (Å²) in [6.45, 7) is 0.587. The zero-order valence-electron chi connectivity index (χ0n) is 8.72. The first-order valence-corrected chi connectivity index (χ1v) is 5.49. The average molecular weight is 283 g/mol. The molecule has 0 unspecified atom stereocenters. The minimum atomic E-state index is -0.183. The highest BCUT2D eigenvalue weighted by Gasteiger charge is 2.03. The van der Waals surface area contributed by atoms with Crippen molar-refractivity contribution >= 4 is 21.6 Å². The molecule has 0 atom stereocenters. The van der Waals surface area contributed by atoms with E-state index in [1.54, 1.807) is 17.1 Å². The topological polar surface area (TPSA) is 65.8 Å². The Labute approximate surface area is 101 Å². The molecule has 2 aromatic rings. The highest BCUT2D eigenvalue weighted by atomic mass is 79.9. The number of hydrogen-bond donors (Lipinski definition) is 1. The number of aromatic nitrogens is 3. The highest BCUT2D eigenvalue weighted by molar-refractivity contribution is 9.10. The average Bonchev–Trinajstić information content (AvgIpc) is 2.60. The maximum absolute atomic E-state index is 11.4. The largest absolute Gasteiger partial charge is 0.394 e. The Bertz CT molecular complexity index is 546. The molecule has 0 bridgehead atoms. The molecule has 5 nitrogen and oxygen atoms in total. The van der Waals surface area contributed by atoms with Crippen LogP contribution in [0.15, 0.2) is 33.9 Å². The van der Waals surface area contributed by atoms with Gasteiger partial charge in [-0.3, -0.25) is 9.48 Å². The number of nitrogens with zero attached hydrogens (tertiary/aromatic N) is 3. The van der Waals surface area contributed by atoms with Gasteiger partial charge in [-0.05, 0) is 22.0 Å². The molecule has 0 radical (unpaired) electrons. The van der Waals surface area contributed by atoms with Crippen LogP contribution in [-0.4, -0.2) is 14.3 Å². The van der Waals surface area contributed by atoms with Gasteiger partial charge >= 0.3 is 0 Å². The molecule has 0 aromatic carbocycles. The van der Waals surface area contributed by atoms with Gasteiger partial charge < -0.3 is 10.3 Å². The third kappa shape index (κ3) is 2.16. The first-order valence-electron chi connectivity index (χ1n) is 4.70. The number of anilines is 1. The normalized spacial score (nSPS) is 10.6. The van der Waals surface area contributed by atoms with E-state index in [2.05, 4.69) is 21.0 Å². The Hall–Kier alpha value is -1.56. The van der Waals surface area contributed by atoms with E-state index in [1.807, 2.05) is 23.9 Å². The molecule has 0 saturated carbocycles. The van der Waals surface area contributed by atoms with Crippen molar-refractivity contribution in [2.75, 3.05) is 5.73 Å². The summed E-state index contributed by atoms with van der Waals surface area (Å²) < 4.78 is 4.02. The minimum Gasteiger partial charge on any atom is -0.394 e. The lowest BCUT2D eigenvalue weighted by Crippen LogP contribution is -2.13. The third-order valence-corrected chi connectivity index (χ3v) is 2.74. The van der Waals surface area contributed by atoms with Crippen LogP contribution in [0.3, 0.4) is 0 Å². The molecule has 0 aliphatic rings. The van der Waals surface area contributed by atoms with E-state index in [4.69, 9.17) is 5.73 Å². The molecule has 0 saturated heterocycles. The zero-order chi connectivity index (χ0) is 11.7. The Kier molecular flexibility index (Phi) is 2.82. The van der Waals surface area contributed by atoms with Crippen LogP contribution in [-0.2, 0) is 13.6 Å². The van der Waals surface area contributed by atoms with Crippen LogP contribution in [0.2, 0.25) is 0 Å². The van der Waals surface area contributed by atoms with Crippen LogP contribution < -0.4 is 11.2 Å². The summed E-state index contributed by atoms with van der Waals surface area (Å²) in [6.07, 6.45) is 5.19. The van der Waals surface area contributed by atoms with Crippen LogP contribution in [0.4, 0.5) is 5.69 Å². The fourth-order valence-electron chi connectivity index (χ4n) is 1.44.